The molecule has 6 nitrogen and oxygen atoms in total. The molecule has 0 radical (unpaired) electrons. The van der Waals surface area contributed by atoms with E-state index in [-0.39, 0.29) is 24.4 Å². The van der Waals surface area contributed by atoms with Crippen LogP contribution in [0.4, 0.5) is 9.05 Å². The van der Waals surface area contributed by atoms with Crippen LogP contribution in [0.25, 0.3) is 0 Å². The molecule has 0 bridgehead atoms. The van der Waals surface area contributed by atoms with Crippen molar-refractivity contribution in [3.63, 3.8) is 0 Å². The van der Waals surface area contributed by atoms with Crippen LogP contribution < -0.4 is 0 Å². The molecule has 0 aliphatic carbocycles. The summed E-state index contributed by atoms with van der Waals surface area (Å²) in [6.07, 6.45) is 0.496. The van der Waals surface area contributed by atoms with Gasteiger partial charge in [0.25, 0.3) is 0 Å². The maximum absolute atomic E-state index is 11.3. The second kappa shape index (κ2) is 8.43. The molecule has 10 heteroatoms. The fourth-order valence-corrected chi connectivity index (χ4v) is 0.475. The zero-order valence-corrected chi connectivity index (χ0v) is 6.90. The summed E-state index contributed by atoms with van der Waals surface area (Å²) in [7, 11) is -2.46. The van der Waals surface area contributed by atoms with E-state index >= 15 is 0 Å². The molecular formula is C5H6BF2LiO6. The molecule has 15 heavy (non-hydrogen) atoms. The first-order valence-corrected chi connectivity index (χ1v) is 3.18. The summed E-state index contributed by atoms with van der Waals surface area (Å²) < 4.78 is 26.4. The Labute approximate surface area is 95.3 Å². The van der Waals surface area contributed by atoms with Crippen molar-refractivity contribution in [2.75, 3.05) is 0 Å². The van der Waals surface area contributed by atoms with Gasteiger partial charge in [-0.1, -0.05) is 9.05 Å². The third-order valence-electron chi connectivity index (χ3n) is 1.01. The van der Waals surface area contributed by atoms with E-state index in [4.69, 9.17) is 5.11 Å². The molecule has 0 aliphatic rings. The van der Waals surface area contributed by atoms with Gasteiger partial charge >= 0.3 is 38.1 Å². The molecule has 0 aromatic rings. The third-order valence-corrected chi connectivity index (χ3v) is 1.01. The molecule has 0 saturated carbocycles. The van der Waals surface area contributed by atoms with Crippen LogP contribution in [0.2, 0.25) is 0 Å². The van der Waals surface area contributed by atoms with Gasteiger partial charge in [0, 0.05) is 11.6 Å². The number of carboxylic acids is 1. The Bertz CT molecular complexity index is 256. The standard InChI is InChI=1S/C5H5BF2O6.Li.H/c1-3(2-4(9)10)5(11)12-6(13-7)14-8;;/h2H,1H3,(H,9,10);;/b3-2-;;. The van der Waals surface area contributed by atoms with Crippen molar-refractivity contribution in [3.05, 3.63) is 11.6 Å². The van der Waals surface area contributed by atoms with Gasteiger partial charge < -0.3 is 9.76 Å². The molecule has 0 aromatic heterocycles. The summed E-state index contributed by atoms with van der Waals surface area (Å²) in [6.45, 7) is 1.07. The van der Waals surface area contributed by atoms with Crippen LogP contribution in [-0.2, 0) is 24.0 Å². The molecule has 0 aliphatic heterocycles. The molecule has 80 valence electrons. The summed E-state index contributed by atoms with van der Waals surface area (Å²) in [6, 6.07) is 0. The summed E-state index contributed by atoms with van der Waals surface area (Å²) in [5.41, 5.74) is -0.378. The molecule has 0 saturated heterocycles. The van der Waals surface area contributed by atoms with Gasteiger partial charge in [0.05, 0.1) is 0 Å². The number of hydrogen-bond acceptors (Lipinski definition) is 5. The average molecular weight is 218 g/mol. The van der Waals surface area contributed by atoms with Crippen LogP contribution in [0.5, 0.6) is 0 Å². The van der Waals surface area contributed by atoms with E-state index in [2.05, 4.69) is 14.4 Å². The van der Waals surface area contributed by atoms with Gasteiger partial charge in [-0.2, -0.15) is 9.72 Å². The number of carbonyl (C=O) groups excluding carboxylic acids is 1. The average Bonchev–Trinajstić information content (AvgIpc) is 2.12. The number of aliphatic carboxylic acids is 1. The maximum atomic E-state index is 11.3. The van der Waals surface area contributed by atoms with E-state index in [0.29, 0.717) is 6.08 Å². The Morgan fingerprint density at radius 2 is 1.80 bits per heavy atom. The predicted molar refractivity (Wildman–Crippen MR) is 44.8 cm³/mol. The van der Waals surface area contributed by atoms with Gasteiger partial charge in [-0.15, -0.1) is 0 Å². The topological polar surface area (TPSA) is 82.1 Å². The van der Waals surface area contributed by atoms with Crippen LogP contribution in [-0.4, -0.2) is 43.2 Å². The van der Waals surface area contributed by atoms with E-state index < -0.39 is 19.3 Å². The third kappa shape index (κ3) is 7.10. The minimum absolute atomic E-state index is 0. The van der Waals surface area contributed by atoms with Crippen molar-refractivity contribution in [2.45, 2.75) is 6.92 Å². The number of carbonyl (C=O) groups is 2. The second-order valence-electron chi connectivity index (χ2n) is 2.04. The first kappa shape index (κ1) is 16.5. The van der Waals surface area contributed by atoms with Crippen LogP contribution in [0.1, 0.15) is 6.92 Å². The Morgan fingerprint density at radius 3 is 2.13 bits per heavy atom. The molecule has 0 unspecified atom stereocenters. The Balaban J connectivity index is 0. The normalized spacial score (nSPS) is 10.2. The Morgan fingerprint density at radius 1 is 1.33 bits per heavy atom. The summed E-state index contributed by atoms with van der Waals surface area (Å²) in [5.74, 6) is -2.69. The predicted octanol–water partition coefficient (Wildman–Crippen LogP) is -0.301. The molecule has 0 rings (SSSR count). The summed E-state index contributed by atoms with van der Waals surface area (Å²) in [4.78, 5) is 26.2. The molecule has 0 heterocycles. The van der Waals surface area contributed by atoms with Gasteiger partial charge in [0.15, 0.2) is 0 Å². The SMILES string of the molecule is C/C(=C/C(=O)O)C(=O)OB(OF)OF.[LiH]. The fraction of sp³-hybridized carbons (Fsp3) is 0.200. The van der Waals surface area contributed by atoms with Crippen molar-refractivity contribution < 1.29 is 38.1 Å². The minimum atomic E-state index is -2.46. The zero-order chi connectivity index (χ0) is 11.1. The summed E-state index contributed by atoms with van der Waals surface area (Å²) in [5, 5.41) is 8.19. The molecular weight excluding hydrogens is 212 g/mol. The van der Waals surface area contributed by atoms with Crippen molar-refractivity contribution in [2.24, 2.45) is 0 Å². The number of halogens is 2. The number of carboxylic acid groups (broad SMARTS) is 1. The molecule has 0 amide bonds. The van der Waals surface area contributed by atoms with Crippen molar-refractivity contribution >= 4 is 38.1 Å². The fourth-order valence-electron chi connectivity index (χ4n) is 0.475. The van der Waals surface area contributed by atoms with Gasteiger partial charge in [0.2, 0.25) is 0 Å². The quantitative estimate of drug-likeness (QED) is 0.503. The number of rotatable bonds is 5. The molecule has 0 fully saturated rings. The van der Waals surface area contributed by atoms with Gasteiger partial charge in [-0.05, 0) is 6.92 Å². The first-order chi connectivity index (χ1) is 6.51. The van der Waals surface area contributed by atoms with Crippen molar-refractivity contribution in [1.29, 1.82) is 0 Å². The van der Waals surface area contributed by atoms with Crippen LogP contribution in [0, 0.1) is 0 Å². The van der Waals surface area contributed by atoms with E-state index in [0.717, 1.165) is 6.92 Å². The Hall–Kier alpha value is -0.878. The molecule has 1 N–H and O–H groups in total. The van der Waals surface area contributed by atoms with Crippen LogP contribution >= 0.6 is 0 Å². The monoisotopic (exact) mass is 218 g/mol. The van der Waals surface area contributed by atoms with Crippen LogP contribution in [0.3, 0.4) is 0 Å². The second-order valence-corrected chi connectivity index (χ2v) is 2.04. The summed E-state index contributed by atoms with van der Waals surface area (Å²) >= 11 is 0. The molecule has 0 aromatic carbocycles. The Kier molecular flexibility index (Phi) is 9.30. The van der Waals surface area contributed by atoms with E-state index in [1.54, 1.807) is 0 Å². The van der Waals surface area contributed by atoms with Gasteiger partial charge in [-0.25, -0.2) is 9.59 Å². The first-order valence-electron chi connectivity index (χ1n) is 3.18. The van der Waals surface area contributed by atoms with Gasteiger partial charge in [-0.3, -0.25) is 0 Å². The van der Waals surface area contributed by atoms with E-state index in [1.807, 2.05) is 0 Å². The molecule has 0 spiro atoms. The molecule has 0 atom stereocenters. The zero-order valence-electron chi connectivity index (χ0n) is 6.90. The van der Waals surface area contributed by atoms with Crippen molar-refractivity contribution in [3.8, 4) is 0 Å². The van der Waals surface area contributed by atoms with E-state index in [9.17, 15) is 18.6 Å². The van der Waals surface area contributed by atoms with Gasteiger partial charge in [0.1, 0.15) is 0 Å². The van der Waals surface area contributed by atoms with E-state index in [1.165, 1.54) is 0 Å². The number of hydrogen-bond donors (Lipinski definition) is 1. The van der Waals surface area contributed by atoms with Crippen LogP contribution in [0.15, 0.2) is 11.6 Å². The van der Waals surface area contributed by atoms with Crippen molar-refractivity contribution in [1.82, 2.24) is 0 Å².